The minimum absolute atomic E-state index is 0.0486. The zero-order valence-electron chi connectivity index (χ0n) is 23.9. The summed E-state index contributed by atoms with van der Waals surface area (Å²) in [5.41, 5.74) is 1.49. The van der Waals surface area contributed by atoms with Gasteiger partial charge in [0.15, 0.2) is 0 Å². The van der Waals surface area contributed by atoms with E-state index in [-0.39, 0.29) is 12.5 Å². The van der Waals surface area contributed by atoms with Crippen molar-refractivity contribution in [3.8, 4) is 37.1 Å². The zero-order valence-corrected chi connectivity index (χ0v) is 23.9. The quantitative estimate of drug-likeness (QED) is 0.314. The first kappa shape index (κ1) is 33.3. The summed E-state index contributed by atoms with van der Waals surface area (Å²) in [5.74, 6) is 4.84. The zero-order chi connectivity index (χ0) is 29.6. The number of anilines is 2. The molecule has 2 heterocycles. The van der Waals surface area contributed by atoms with E-state index >= 15 is 0 Å². The average Bonchev–Trinajstić information content (AvgIpc) is 3.56. The first-order valence-electron chi connectivity index (χ1n) is 13.6. The van der Waals surface area contributed by atoms with Gasteiger partial charge in [-0.15, -0.1) is 19.3 Å². The normalized spacial score (nSPS) is 11.8. The van der Waals surface area contributed by atoms with E-state index in [0.717, 1.165) is 11.5 Å². The van der Waals surface area contributed by atoms with Gasteiger partial charge in [0.2, 0.25) is 11.9 Å². The van der Waals surface area contributed by atoms with E-state index in [9.17, 15) is 4.79 Å². The number of rotatable bonds is 8. The Morgan fingerprint density at radius 3 is 2.25 bits per heavy atom. The van der Waals surface area contributed by atoms with E-state index in [1.54, 1.807) is 18.2 Å². The standard InChI is InChI=1S/C21H19N7O.C7H14.C2H6.C2H2/c1-2-9-23-21-26-18(12-19(27-21)28-10-3-4-11-28)24-15-20(29)25-14-17-7-5-16(13-22)6-8-17;1-7-5-3-2-4-6-7;2*1-2/h1,3-8,10-12H,9,14-15H2,(H,25,29)(H2,23,24,26,27);7H,2-6H2,1H3;1-2H3;1-2H. The Labute approximate surface area is 239 Å². The van der Waals surface area contributed by atoms with Crippen LogP contribution in [0.2, 0.25) is 0 Å². The van der Waals surface area contributed by atoms with Gasteiger partial charge in [-0.05, 0) is 35.7 Å². The number of carbonyl (C=O) groups excluding carboxylic acids is 1. The molecule has 40 heavy (non-hydrogen) atoms. The van der Waals surface area contributed by atoms with Gasteiger partial charge in [-0.2, -0.15) is 15.2 Å². The van der Waals surface area contributed by atoms with Crippen LogP contribution in [0.5, 0.6) is 0 Å². The third-order valence-electron chi connectivity index (χ3n) is 5.83. The Kier molecular flexibility index (Phi) is 16.9. The summed E-state index contributed by atoms with van der Waals surface area (Å²) >= 11 is 0. The van der Waals surface area contributed by atoms with Crippen LogP contribution in [0, 0.1) is 42.4 Å². The number of hydrogen-bond acceptors (Lipinski definition) is 6. The fourth-order valence-electron chi connectivity index (χ4n) is 3.79. The molecule has 1 aliphatic carbocycles. The van der Waals surface area contributed by atoms with Crippen LogP contribution < -0.4 is 16.0 Å². The van der Waals surface area contributed by atoms with Gasteiger partial charge < -0.3 is 20.5 Å². The second kappa shape index (κ2) is 20.3. The van der Waals surface area contributed by atoms with Crippen LogP contribution in [0.3, 0.4) is 0 Å². The van der Waals surface area contributed by atoms with Crippen molar-refractivity contribution in [2.75, 3.05) is 23.7 Å². The highest BCUT2D eigenvalue weighted by Crippen LogP contribution is 2.22. The molecular weight excluding hydrogens is 498 g/mol. The molecule has 3 N–H and O–H groups in total. The van der Waals surface area contributed by atoms with Crippen LogP contribution in [-0.2, 0) is 11.3 Å². The number of terminal acetylenes is 2. The predicted molar refractivity (Wildman–Crippen MR) is 164 cm³/mol. The van der Waals surface area contributed by atoms with Gasteiger partial charge in [0.1, 0.15) is 11.6 Å². The molecular formula is C32H41N7O. The average molecular weight is 540 g/mol. The second-order valence-corrected chi connectivity index (χ2v) is 8.77. The molecule has 0 radical (unpaired) electrons. The largest absolute Gasteiger partial charge is 0.361 e. The lowest BCUT2D eigenvalue weighted by atomic mass is 9.91. The van der Waals surface area contributed by atoms with Crippen molar-refractivity contribution in [2.45, 2.75) is 59.4 Å². The topological polar surface area (TPSA) is 108 Å². The van der Waals surface area contributed by atoms with Gasteiger partial charge in [-0.1, -0.05) is 70.9 Å². The molecule has 2 aromatic heterocycles. The van der Waals surface area contributed by atoms with E-state index in [1.807, 2.05) is 55.1 Å². The number of hydrogen-bond donors (Lipinski definition) is 3. The maximum absolute atomic E-state index is 12.2. The van der Waals surface area contributed by atoms with Crippen molar-refractivity contribution in [2.24, 2.45) is 5.92 Å². The highest BCUT2D eigenvalue weighted by Gasteiger charge is 2.08. The lowest BCUT2D eigenvalue weighted by Gasteiger charge is -2.15. The van der Waals surface area contributed by atoms with Gasteiger partial charge in [0, 0.05) is 25.0 Å². The van der Waals surface area contributed by atoms with E-state index < -0.39 is 0 Å². The molecule has 1 saturated carbocycles. The van der Waals surface area contributed by atoms with Gasteiger partial charge in [0.05, 0.1) is 24.7 Å². The molecule has 0 bridgehead atoms. The number of carbonyl (C=O) groups is 1. The Bertz CT molecular complexity index is 1210. The lowest BCUT2D eigenvalue weighted by molar-refractivity contribution is -0.119. The minimum atomic E-state index is -0.186. The van der Waals surface area contributed by atoms with Crippen molar-refractivity contribution in [1.82, 2.24) is 19.9 Å². The summed E-state index contributed by atoms with van der Waals surface area (Å²) < 4.78 is 1.83. The molecule has 1 amide bonds. The first-order valence-corrected chi connectivity index (χ1v) is 13.6. The van der Waals surface area contributed by atoms with Crippen LogP contribution >= 0.6 is 0 Å². The van der Waals surface area contributed by atoms with Crippen molar-refractivity contribution in [1.29, 1.82) is 5.26 Å². The molecule has 1 aromatic carbocycles. The van der Waals surface area contributed by atoms with Gasteiger partial charge in [0.25, 0.3) is 0 Å². The Morgan fingerprint density at radius 2 is 1.70 bits per heavy atom. The fraction of sp³-hybridized carbons (Fsp3) is 0.375. The summed E-state index contributed by atoms with van der Waals surface area (Å²) in [6.45, 7) is 7.07. The Morgan fingerprint density at radius 1 is 1.05 bits per heavy atom. The summed E-state index contributed by atoms with van der Waals surface area (Å²) in [5, 5.41) is 17.6. The van der Waals surface area contributed by atoms with Crippen LogP contribution in [0.1, 0.15) is 64.0 Å². The molecule has 4 rings (SSSR count). The number of amides is 1. The van der Waals surface area contributed by atoms with Gasteiger partial charge in [-0.3, -0.25) is 4.79 Å². The molecule has 0 atom stereocenters. The smallest absolute Gasteiger partial charge is 0.239 e. The Balaban J connectivity index is 0.000000617. The number of nitrogens with one attached hydrogen (secondary N) is 3. The molecule has 1 aliphatic rings. The van der Waals surface area contributed by atoms with Crippen LogP contribution in [-0.4, -0.2) is 33.5 Å². The molecule has 8 nitrogen and oxygen atoms in total. The molecule has 0 unspecified atom stereocenters. The molecule has 8 heteroatoms. The van der Waals surface area contributed by atoms with Gasteiger partial charge >= 0.3 is 0 Å². The predicted octanol–water partition coefficient (Wildman–Crippen LogP) is 5.77. The molecule has 0 spiro atoms. The number of aromatic nitrogens is 3. The van der Waals surface area contributed by atoms with Crippen LogP contribution in [0.25, 0.3) is 5.82 Å². The third kappa shape index (κ3) is 12.7. The maximum Gasteiger partial charge on any atom is 0.239 e. The summed E-state index contributed by atoms with van der Waals surface area (Å²) in [4.78, 5) is 20.9. The van der Waals surface area contributed by atoms with Crippen molar-refractivity contribution < 1.29 is 4.79 Å². The highest BCUT2D eigenvalue weighted by atomic mass is 16.1. The van der Waals surface area contributed by atoms with E-state index in [4.69, 9.17) is 11.7 Å². The third-order valence-corrected chi connectivity index (χ3v) is 5.83. The van der Waals surface area contributed by atoms with E-state index in [2.05, 4.69) is 57.7 Å². The van der Waals surface area contributed by atoms with Crippen molar-refractivity contribution in [3.63, 3.8) is 0 Å². The van der Waals surface area contributed by atoms with Crippen LogP contribution in [0.4, 0.5) is 11.8 Å². The highest BCUT2D eigenvalue weighted by molar-refractivity contribution is 5.80. The summed E-state index contributed by atoms with van der Waals surface area (Å²) in [6, 6.07) is 14.6. The summed E-state index contributed by atoms with van der Waals surface area (Å²) in [6.07, 6.45) is 24.4. The second-order valence-electron chi connectivity index (χ2n) is 8.77. The molecule has 0 aliphatic heterocycles. The first-order chi connectivity index (χ1) is 19.6. The van der Waals surface area contributed by atoms with Crippen LogP contribution in [0.15, 0.2) is 54.9 Å². The van der Waals surface area contributed by atoms with Gasteiger partial charge in [-0.25, -0.2) is 0 Å². The Hall–Kier alpha value is -4.74. The van der Waals surface area contributed by atoms with E-state index in [1.165, 1.54) is 32.1 Å². The number of nitrogens with zero attached hydrogens (tertiary/aromatic N) is 4. The van der Waals surface area contributed by atoms with Crippen molar-refractivity contribution in [3.05, 3.63) is 66.0 Å². The lowest BCUT2D eigenvalue weighted by Crippen LogP contribution is -2.29. The fourth-order valence-corrected chi connectivity index (χ4v) is 3.79. The molecule has 1 fully saturated rings. The molecule has 0 saturated heterocycles. The number of nitriles is 1. The molecule has 210 valence electrons. The monoisotopic (exact) mass is 539 g/mol. The summed E-state index contributed by atoms with van der Waals surface area (Å²) in [7, 11) is 0. The minimum Gasteiger partial charge on any atom is -0.361 e. The SMILES string of the molecule is C#C.C#CCNc1nc(NCC(=O)NCc2ccc(C#N)cc2)cc(-n2cccc2)n1.CC.CC1CCCCC1. The number of benzene rings is 1. The van der Waals surface area contributed by atoms with Crippen molar-refractivity contribution >= 4 is 17.7 Å². The molecule has 3 aromatic rings. The van der Waals surface area contributed by atoms with E-state index in [0.29, 0.717) is 36.2 Å². The maximum atomic E-state index is 12.2.